The van der Waals surface area contributed by atoms with Crippen LogP contribution in [0.3, 0.4) is 0 Å². The molecule has 150 valence electrons. The predicted octanol–water partition coefficient (Wildman–Crippen LogP) is 3.22. The van der Waals surface area contributed by atoms with Gasteiger partial charge in [-0.05, 0) is 43.9 Å². The summed E-state index contributed by atoms with van der Waals surface area (Å²) < 4.78 is 22.6. The monoisotopic (exact) mass is 496 g/mol. The van der Waals surface area contributed by atoms with Gasteiger partial charge in [0.1, 0.15) is 0 Å². The largest absolute Gasteiger partial charge is 0.357 e. The molecule has 0 spiro atoms. The van der Waals surface area contributed by atoms with Gasteiger partial charge in [0.25, 0.3) is 0 Å². The Morgan fingerprint density at radius 3 is 2.27 bits per heavy atom. The molecule has 0 aliphatic carbocycles. The SMILES string of the molecule is CCNC(=NCc1ccc(S(N)(=O)=O)cc1)NC(C)CCCC(C)C.I. The molecule has 0 bridgehead atoms. The standard InChI is InChI=1S/C18H32N4O2S.HI/c1-5-20-18(22-15(4)8-6-7-14(2)3)21-13-16-9-11-17(12-10-16)25(19,23)24;/h9-12,14-15H,5-8,13H2,1-4H3,(H2,19,23,24)(H2,20,21,22);1H. The Balaban J connectivity index is 0.00000625. The van der Waals surface area contributed by atoms with Crippen LogP contribution in [-0.2, 0) is 16.6 Å². The molecule has 8 heteroatoms. The summed E-state index contributed by atoms with van der Waals surface area (Å²) in [6, 6.07) is 6.84. The van der Waals surface area contributed by atoms with Gasteiger partial charge in [-0.25, -0.2) is 18.5 Å². The van der Waals surface area contributed by atoms with Crippen LogP contribution in [0, 0.1) is 5.92 Å². The van der Waals surface area contributed by atoms with Crippen molar-refractivity contribution in [2.24, 2.45) is 16.0 Å². The van der Waals surface area contributed by atoms with E-state index in [0.717, 1.165) is 30.4 Å². The number of halogens is 1. The molecule has 0 aliphatic heterocycles. The van der Waals surface area contributed by atoms with Crippen LogP contribution in [0.5, 0.6) is 0 Å². The van der Waals surface area contributed by atoms with Crippen LogP contribution in [0.4, 0.5) is 0 Å². The fourth-order valence-electron chi connectivity index (χ4n) is 2.41. The van der Waals surface area contributed by atoms with Gasteiger partial charge in [0.15, 0.2) is 5.96 Å². The number of rotatable bonds is 9. The third-order valence-electron chi connectivity index (χ3n) is 3.82. The number of nitrogens with zero attached hydrogens (tertiary/aromatic N) is 1. The van der Waals surface area contributed by atoms with Crippen molar-refractivity contribution < 1.29 is 8.42 Å². The number of benzene rings is 1. The fraction of sp³-hybridized carbons (Fsp3) is 0.611. The predicted molar refractivity (Wildman–Crippen MR) is 119 cm³/mol. The Labute approximate surface area is 175 Å². The minimum atomic E-state index is -3.65. The zero-order valence-electron chi connectivity index (χ0n) is 16.2. The molecule has 1 aromatic rings. The maximum Gasteiger partial charge on any atom is 0.238 e. The Bertz CT molecular complexity index is 646. The molecule has 1 aromatic carbocycles. The zero-order chi connectivity index (χ0) is 18.9. The molecule has 0 heterocycles. The first-order chi connectivity index (χ1) is 11.7. The van der Waals surface area contributed by atoms with E-state index < -0.39 is 10.0 Å². The molecule has 0 saturated heterocycles. The number of guanidine groups is 1. The number of nitrogens with two attached hydrogens (primary N) is 1. The van der Waals surface area contributed by atoms with E-state index in [1.807, 2.05) is 6.92 Å². The molecule has 1 unspecified atom stereocenters. The summed E-state index contributed by atoms with van der Waals surface area (Å²) in [5.74, 6) is 1.50. The Hall–Kier alpha value is -0.870. The fourth-order valence-corrected chi connectivity index (χ4v) is 2.93. The van der Waals surface area contributed by atoms with Gasteiger partial charge in [-0.3, -0.25) is 0 Å². The summed E-state index contributed by atoms with van der Waals surface area (Å²) in [5, 5.41) is 11.8. The lowest BCUT2D eigenvalue weighted by Crippen LogP contribution is -2.42. The molecular weight excluding hydrogens is 463 g/mol. The molecular formula is C18H33IN4O2S. The average Bonchev–Trinajstić information content (AvgIpc) is 2.52. The lowest BCUT2D eigenvalue weighted by Gasteiger charge is -2.18. The molecule has 0 aromatic heterocycles. The van der Waals surface area contributed by atoms with Crippen molar-refractivity contribution in [2.75, 3.05) is 6.54 Å². The molecule has 0 amide bonds. The summed E-state index contributed by atoms with van der Waals surface area (Å²) in [4.78, 5) is 4.69. The molecule has 1 atom stereocenters. The van der Waals surface area contributed by atoms with E-state index in [4.69, 9.17) is 5.14 Å². The lowest BCUT2D eigenvalue weighted by atomic mass is 10.0. The third kappa shape index (κ3) is 10.3. The highest BCUT2D eigenvalue weighted by molar-refractivity contribution is 14.0. The highest BCUT2D eigenvalue weighted by Crippen LogP contribution is 2.10. The van der Waals surface area contributed by atoms with Crippen LogP contribution in [0.2, 0.25) is 0 Å². The second-order valence-corrected chi connectivity index (χ2v) is 8.32. The van der Waals surface area contributed by atoms with E-state index in [1.54, 1.807) is 12.1 Å². The average molecular weight is 496 g/mol. The summed E-state index contributed by atoms with van der Waals surface area (Å²) >= 11 is 0. The Morgan fingerprint density at radius 1 is 1.15 bits per heavy atom. The van der Waals surface area contributed by atoms with Crippen LogP contribution in [0.1, 0.15) is 52.5 Å². The van der Waals surface area contributed by atoms with Crippen LogP contribution < -0.4 is 15.8 Å². The van der Waals surface area contributed by atoms with Crippen molar-refractivity contribution in [3.63, 3.8) is 0 Å². The summed E-state index contributed by atoms with van der Waals surface area (Å²) in [5.41, 5.74) is 0.928. The van der Waals surface area contributed by atoms with Gasteiger partial charge in [-0.15, -0.1) is 24.0 Å². The summed E-state index contributed by atoms with van der Waals surface area (Å²) in [6.07, 6.45) is 3.53. The highest BCUT2D eigenvalue weighted by Gasteiger charge is 2.08. The normalized spacial score (nSPS) is 13.2. The minimum absolute atomic E-state index is 0. The summed E-state index contributed by atoms with van der Waals surface area (Å²) in [6.45, 7) is 9.93. The van der Waals surface area contributed by atoms with Crippen LogP contribution in [0.15, 0.2) is 34.2 Å². The minimum Gasteiger partial charge on any atom is -0.357 e. The lowest BCUT2D eigenvalue weighted by molar-refractivity contribution is 0.491. The van der Waals surface area contributed by atoms with Gasteiger partial charge in [0.05, 0.1) is 11.4 Å². The van der Waals surface area contributed by atoms with E-state index in [0.29, 0.717) is 12.6 Å². The van der Waals surface area contributed by atoms with Crippen molar-refractivity contribution in [1.29, 1.82) is 0 Å². The number of primary sulfonamides is 1. The molecule has 6 nitrogen and oxygen atoms in total. The van der Waals surface area contributed by atoms with E-state index in [-0.39, 0.29) is 28.9 Å². The smallest absolute Gasteiger partial charge is 0.238 e. The van der Waals surface area contributed by atoms with E-state index in [2.05, 4.69) is 36.4 Å². The highest BCUT2D eigenvalue weighted by atomic mass is 127. The van der Waals surface area contributed by atoms with Crippen molar-refractivity contribution in [1.82, 2.24) is 10.6 Å². The first-order valence-electron chi connectivity index (χ1n) is 8.89. The number of hydrogen-bond acceptors (Lipinski definition) is 3. The first kappa shape index (κ1) is 25.1. The maximum atomic E-state index is 11.3. The second kappa shape index (κ2) is 12.5. The van der Waals surface area contributed by atoms with Crippen LogP contribution in [0.25, 0.3) is 0 Å². The van der Waals surface area contributed by atoms with Crippen molar-refractivity contribution in [3.05, 3.63) is 29.8 Å². The Kier molecular flexibility index (Phi) is 12.1. The number of nitrogens with one attached hydrogen (secondary N) is 2. The molecule has 1 rings (SSSR count). The van der Waals surface area contributed by atoms with Crippen LogP contribution in [-0.4, -0.2) is 27.0 Å². The van der Waals surface area contributed by atoms with E-state index in [1.165, 1.54) is 25.0 Å². The van der Waals surface area contributed by atoms with Gasteiger partial charge in [-0.1, -0.05) is 38.8 Å². The van der Waals surface area contributed by atoms with E-state index in [9.17, 15) is 8.42 Å². The van der Waals surface area contributed by atoms with E-state index >= 15 is 0 Å². The zero-order valence-corrected chi connectivity index (χ0v) is 19.3. The first-order valence-corrected chi connectivity index (χ1v) is 10.4. The molecule has 0 radical (unpaired) electrons. The maximum absolute atomic E-state index is 11.3. The van der Waals surface area contributed by atoms with Gasteiger partial charge in [0.2, 0.25) is 10.0 Å². The number of aliphatic imine (C=N–C) groups is 1. The van der Waals surface area contributed by atoms with Gasteiger partial charge in [-0.2, -0.15) is 0 Å². The molecule has 4 N–H and O–H groups in total. The van der Waals surface area contributed by atoms with Crippen molar-refractivity contribution in [2.45, 2.75) is 64.4 Å². The topological polar surface area (TPSA) is 96.6 Å². The quantitative estimate of drug-likeness (QED) is 0.278. The van der Waals surface area contributed by atoms with Gasteiger partial charge in [0, 0.05) is 12.6 Å². The number of hydrogen-bond donors (Lipinski definition) is 3. The van der Waals surface area contributed by atoms with Gasteiger partial charge < -0.3 is 10.6 Å². The van der Waals surface area contributed by atoms with Gasteiger partial charge >= 0.3 is 0 Å². The Morgan fingerprint density at radius 2 is 1.77 bits per heavy atom. The third-order valence-corrected chi connectivity index (χ3v) is 4.75. The van der Waals surface area contributed by atoms with Crippen molar-refractivity contribution >= 4 is 40.0 Å². The molecule has 26 heavy (non-hydrogen) atoms. The van der Waals surface area contributed by atoms with Crippen LogP contribution >= 0.6 is 24.0 Å². The van der Waals surface area contributed by atoms with Crippen molar-refractivity contribution in [3.8, 4) is 0 Å². The number of sulfonamides is 1. The summed E-state index contributed by atoms with van der Waals surface area (Å²) in [7, 11) is -3.65. The molecule has 0 fully saturated rings. The second-order valence-electron chi connectivity index (χ2n) is 6.75. The molecule has 0 aliphatic rings. The molecule has 0 saturated carbocycles.